The van der Waals surface area contributed by atoms with E-state index in [0.29, 0.717) is 45.3 Å². The van der Waals surface area contributed by atoms with Crippen LogP contribution in [0.4, 0.5) is 0 Å². The van der Waals surface area contributed by atoms with Crippen molar-refractivity contribution in [3.8, 4) is 0 Å². The number of nitrogens with one attached hydrogen (secondary N) is 1. The lowest BCUT2D eigenvalue weighted by atomic mass is 10.0. The highest BCUT2D eigenvalue weighted by Gasteiger charge is 2.32. The van der Waals surface area contributed by atoms with Gasteiger partial charge in [0.15, 0.2) is 5.92 Å². The molecule has 0 spiro atoms. The lowest BCUT2D eigenvalue weighted by Gasteiger charge is -2.23. The first-order chi connectivity index (χ1) is 21.4. The predicted molar refractivity (Wildman–Crippen MR) is 193 cm³/mol. The molecule has 1 amide bonds. The van der Waals surface area contributed by atoms with E-state index in [0.717, 1.165) is 44.6 Å². The highest BCUT2D eigenvalue weighted by molar-refractivity contribution is 6.76. The second-order valence-corrected chi connectivity index (χ2v) is 19.0. The number of allylic oxidation sites excluding steroid dienone is 12. The molecule has 0 aliphatic carbocycles. The molecule has 0 aliphatic rings. The smallest absolute Gasteiger partial charge is 0.320 e. The van der Waals surface area contributed by atoms with Crippen LogP contribution in [-0.4, -0.2) is 44.7 Å². The number of esters is 2. The number of hydrogen-bond donors (Lipinski definition) is 1. The van der Waals surface area contributed by atoms with Crippen molar-refractivity contribution in [1.82, 2.24) is 5.32 Å². The van der Waals surface area contributed by atoms with Gasteiger partial charge < -0.3 is 14.8 Å². The molecule has 254 valence electrons. The van der Waals surface area contributed by atoms with Crippen molar-refractivity contribution in [2.75, 3.05) is 13.2 Å². The Bertz CT molecular complexity index is 993. The summed E-state index contributed by atoms with van der Waals surface area (Å²) < 4.78 is 10.9. The van der Waals surface area contributed by atoms with Gasteiger partial charge in [0.05, 0.1) is 6.61 Å². The zero-order chi connectivity index (χ0) is 33.8. The number of unbranched alkanes of at least 4 members (excludes halogenated alkanes) is 1. The zero-order valence-electron chi connectivity index (χ0n) is 29.4. The lowest BCUT2D eigenvalue weighted by Crippen LogP contribution is -2.34. The molecule has 1 atom stereocenters. The molecule has 0 unspecified atom stereocenters. The van der Waals surface area contributed by atoms with Crippen molar-refractivity contribution in [2.24, 2.45) is 5.92 Å². The summed E-state index contributed by atoms with van der Waals surface area (Å²) in [4.78, 5) is 37.5. The minimum atomic E-state index is -1.35. The topological polar surface area (TPSA) is 81.7 Å². The molecule has 0 rings (SSSR count). The van der Waals surface area contributed by atoms with E-state index < -0.39 is 31.5 Å². The van der Waals surface area contributed by atoms with Gasteiger partial charge in [-0.3, -0.25) is 14.4 Å². The fourth-order valence-corrected chi connectivity index (χ4v) is 4.62. The van der Waals surface area contributed by atoms with Crippen LogP contribution in [-0.2, 0) is 23.9 Å². The Hall–Kier alpha value is -2.93. The third-order valence-corrected chi connectivity index (χ3v) is 8.15. The van der Waals surface area contributed by atoms with Gasteiger partial charge in [-0.05, 0) is 84.6 Å². The van der Waals surface area contributed by atoms with Crippen LogP contribution in [0.5, 0.6) is 0 Å². The van der Waals surface area contributed by atoms with E-state index in [4.69, 9.17) is 9.47 Å². The average Bonchev–Trinajstić information content (AvgIpc) is 2.94. The molecule has 0 heterocycles. The Kier molecular flexibility index (Phi) is 24.6. The zero-order valence-corrected chi connectivity index (χ0v) is 30.4. The molecular formula is C38H63NO5Si. The molecule has 0 bridgehead atoms. The molecule has 0 aromatic carbocycles. The number of carbonyl (C=O) groups is 3. The molecule has 0 aromatic rings. The maximum Gasteiger partial charge on any atom is 0.320 e. The largest absolute Gasteiger partial charge is 0.465 e. The highest BCUT2D eigenvalue weighted by Crippen LogP contribution is 2.18. The maximum atomic E-state index is 12.7. The normalized spacial score (nSPS) is 13.7. The Balaban J connectivity index is 4.12. The average molecular weight is 642 g/mol. The number of ether oxygens (including phenoxy) is 2. The van der Waals surface area contributed by atoms with Gasteiger partial charge in [0.25, 0.3) is 0 Å². The molecule has 7 heteroatoms. The van der Waals surface area contributed by atoms with Gasteiger partial charge in [0.1, 0.15) is 5.60 Å². The first-order valence-corrected chi connectivity index (χ1v) is 20.6. The summed E-state index contributed by atoms with van der Waals surface area (Å²) in [6.45, 7) is 15.0. The summed E-state index contributed by atoms with van der Waals surface area (Å²) in [7, 11) is -1.35. The number of carbonyl (C=O) groups excluding carboxylic acids is 3. The molecule has 0 aromatic heterocycles. The number of rotatable bonds is 24. The van der Waals surface area contributed by atoms with Crippen molar-refractivity contribution in [3.63, 3.8) is 0 Å². The van der Waals surface area contributed by atoms with Gasteiger partial charge in [0.2, 0.25) is 5.91 Å². The van der Waals surface area contributed by atoms with E-state index in [-0.39, 0.29) is 5.91 Å². The van der Waals surface area contributed by atoms with E-state index in [1.54, 1.807) is 20.8 Å². The lowest BCUT2D eigenvalue weighted by molar-refractivity contribution is -0.169. The number of hydrogen-bond acceptors (Lipinski definition) is 5. The van der Waals surface area contributed by atoms with E-state index in [1.165, 1.54) is 0 Å². The Morgan fingerprint density at radius 1 is 0.711 bits per heavy atom. The fourth-order valence-electron chi connectivity index (χ4n) is 3.91. The SMILES string of the molecule is CCC=CCC=CCC=CCC=CCC=CCC=CCCC(=O)NCCCC[C@@H](C(=O)OCC[Si](C)(C)C)C(=O)OC(C)(C)C. The van der Waals surface area contributed by atoms with Gasteiger partial charge in [-0.2, -0.15) is 0 Å². The van der Waals surface area contributed by atoms with Gasteiger partial charge >= 0.3 is 11.9 Å². The van der Waals surface area contributed by atoms with Gasteiger partial charge in [0, 0.05) is 21.0 Å². The van der Waals surface area contributed by atoms with Crippen molar-refractivity contribution in [1.29, 1.82) is 0 Å². The summed E-state index contributed by atoms with van der Waals surface area (Å²) in [5, 5.41) is 2.93. The summed E-state index contributed by atoms with van der Waals surface area (Å²) in [5.74, 6) is -1.98. The summed E-state index contributed by atoms with van der Waals surface area (Å²) in [6, 6.07) is 0.852. The van der Waals surface area contributed by atoms with Crippen LogP contribution in [0.2, 0.25) is 25.7 Å². The van der Waals surface area contributed by atoms with Crippen molar-refractivity contribution in [2.45, 2.75) is 130 Å². The first-order valence-electron chi connectivity index (χ1n) is 16.9. The van der Waals surface area contributed by atoms with E-state index in [1.807, 2.05) is 6.08 Å². The molecule has 0 saturated carbocycles. The van der Waals surface area contributed by atoms with Crippen LogP contribution in [0.15, 0.2) is 72.9 Å². The van der Waals surface area contributed by atoms with Gasteiger partial charge in [-0.1, -0.05) is 106 Å². The van der Waals surface area contributed by atoms with Crippen LogP contribution in [0, 0.1) is 5.92 Å². The highest BCUT2D eigenvalue weighted by atomic mass is 28.3. The van der Waals surface area contributed by atoms with E-state index in [2.05, 4.69) is 98.7 Å². The molecular weight excluding hydrogens is 579 g/mol. The minimum absolute atomic E-state index is 0.00368. The van der Waals surface area contributed by atoms with Crippen molar-refractivity contribution >= 4 is 25.9 Å². The third-order valence-electron chi connectivity index (χ3n) is 6.45. The summed E-state index contributed by atoms with van der Waals surface area (Å²) in [6.07, 6.45) is 34.6. The van der Waals surface area contributed by atoms with E-state index in [9.17, 15) is 14.4 Å². The standard InChI is InChI=1S/C38H63NO5Si/c1-8-9-10-11-12-13-14-15-16-17-18-19-20-21-22-23-24-25-26-30-35(40)39-31-28-27-29-34(37(42)44-38(2,3)4)36(41)43-32-33-45(5,6)7/h9-10,12-13,15-16,18-19,21-22,24-25,34H,8,11,14,17,20,23,26-33H2,1-7H3,(H,39,40)/t34-/m0/s1. The molecule has 0 aliphatic heterocycles. The van der Waals surface area contributed by atoms with Crippen LogP contribution in [0.25, 0.3) is 0 Å². The Morgan fingerprint density at radius 3 is 1.67 bits per heavy atom. The van der Waals surface area contributed by atoms with Gasteiger partial charge in [-0.15, -0.1) is 0 Å². The molecule has 45 heavy (non-hydrogen) atoms. The first kappa shape index (κ1) is 42.1. The Morgan fingerprint density at radius 2 is 1.20 bits per heavy atom. The van der Waals surface area contributed by atoms with E-state index >= 15 is 0 Å². The van der Waals surface area contributed by atoms with Crippen LogP contribution >= 0.6 is 0 Å². The molecule has 0 fully saturated rings. The second kappa shape index (κ2) is 26.3. The summed E-state index contributed by atoms with van der Waals surface area (Å²) >= 11 is 0. The van der Waals surface area contributed by atoms with Gasteiger partial charge in [-0.25, -0.2) is 0 Å². The van der Waals surface area contributed by atoms with Crippen molar-refractivity contribution in [3.05, 3.63) is 72.9 Å². The van der Waals surface area contributed by atoms with Crippen LogP contribution < -0.4 is 5.32 Å². The Labute approximate surface area is 276 Å². The van der Waals surface area contributed by atoms with Crippen LogP contribution in [0.3, 0.4) is 0 Å². The third kappa shape index (κ3) is 29.5. The fraction of sp³-hybridized carbons (Fsp3) is 0.605. The second-order valence-electron chi connectivity index (χ2n) is 13.4. The summed E-state index contributed by atoms with van der Waals surface area (Å²) in [5.41, 5.74) is -0.675. The molecule has 6 nitrogen and oxygen atoms in total. The maximum absolute atomic E-state index is 12.7. The van der Waals surface area contributed by atoms with Crippen LogP contribution in [0.1, 0.15) is 98.3 Å². The minimum Gasteiger partial charge on any atom is -0.465 e. The number of amides is 1. The quantitative estimate of drug-likeness (QED) is 0.0373. The molecule has 0 saturated heterocycles. The molecule has 0 radical (unpaired) electrons. The van der Waals surface area contributed by atoms with Crippen molar-refractivity contribution < 1.29 is 23.9 Å². The monoisotopic (exact) mass is 641 g/mol. The molecule has 1 N–H and O–H groups in total. The predicted octanol–water partition coefficient (Wildman–Crippen LogP) is 9.59.